The average molecular weight is 367 g/mol. The molecule has 5 nitrogen and oxygen atoms in total. The highest BCUT2D eigenvalue weighted by Crippen LogP contribution is 2.19. The van der Waals surface area contributed by atoms with Gasteiger partial charge in [-0.25, -0.2) is 9.97 Å². The number of carbonyl (C=O) groups is 1. The summed E-state index contributed by atoms with van der Waals surface area (Å²) >= 11 is 6.00. The molecule has 6 heteroatoms. The predicted octanol–water partition coefficient (Wildman–Crippen LogP) is 4.42. The molecule has 2 N–H and O–H groups in total. The number of anilines is 2. The summed E-state index contributed by atoms with van der Waals surface area (Å²) in [7, 11) is 0. The van der Waals surface area contributed by atoms with Crippen LogP contribution in [0.1, 0.15) is 27.4 Å². The van der Waals surface area contributed by atoms with E-state index in [-0.39, 0.29) is 5.91 Å². The van der Waals surface area contributed by atoms with E-state index in [1.54, 1.807) is 25.1 Å². The van der Waals surface area contributed by atoms with E-state index in [1.165, 1.54) is 0 Å². The maximum atomic E-state index is 12.5. The van der Waals surface area contributed by atoms with E-state index in [1.807, 2.05) is 43.3 Å². The quantitative estimate of drug-likeness (QED) is 0.701. The second-order valence-electron chi connectivity index (χ2n) is 5.93. The fourth-order valence-corrected chi connectivity index (χ4v) is 2.73. The molecule has 0 aliphatic heterocycles. The molecular weight excluding hydrogens is 348 g/mol. The highest BCUT2D eigenvalue weighted by atomic mass is 35.5. The first kappa shape index (κ1) is 17.9. The van der Waals surface area contributed by atoms with E-state index in [0.29, 0.717) is 28.9 Å². The number of halogens is 1. The minimum Gasteiger partial charge on any atom is -0.347 e. The third-order valence-corrected chi connectivity index (χ3v) is 4.10. The molecule has 0 saturated heterocycles. The SMILES string of the molecule is Cc1nc(Nc2cccc(Cl)c2)cc(C(=O)NCc2ccccc2C)n1. The molecule has 3 rings (SSSR count). The van der Waals surface area contributed by atoms with Crippen molar-refractivity contribution in [2.75, 3.05) is 5.32 Å². The standard InChI is InChI=1S/C20H19ClN4O/c1-13-6-3-4-7-15(13)12-22-20(26)18-11-19(24-14(2)23-18)25-17-9-5-8-16(21)10-17/h3-11H,12H2,1-2H3,(H,22,26)(H,23,24,25). The van der Waals surface area contributed by atoms with Gasteiger partial charge in [0.25, 0.3) is 5.91 Å². The van der Waals surface area contributed by atoms with Gasteiger partial charge in [-0.3, -0.25) is 4.79 Å². The highest BCUT2D eigenvalue weighted by molar-refractivity contribution is 6.30. The zero-order chi connectivity index (χ0) is 18.5. The van der Waals surface area contributed by atoms with Gasteiger partial charge in [0.2, 0.25) is 0 Å². The maximum absolute atomic E-state index is 12.5. The Labute approximate surface area is 157 Å². The molecule has 0 spiro atoms. The number of hydrogen-bond acceptors (Lipinski definition) is 4. The number of hydrogen-bond donors (Lipinski definition) is 2. The van der Waals surface area contributed by atoms with Gasteiger partial charge in [-0.05, 0) is 43.2 Å². The van der Waals surface area contributed by atoms with Gasteiger partial charge in [-0.1, -0.05) is 41.9 Å². The number of aryl methyl sites for hydroxylation is 2. The van der Waals surface area contributed by atoms with Crippen LogP contribution in [0, 0.1) is 13.8 Å². The van der Waals surface area contributed by atoms with Crippen molar-refractivity contribution in [3.8, 4) is 0 Å². The predicted molar refractivity (Wildman–Crippen MR) is 104 cm³/mol. The van der Waals surface area contributed by atoms with Crippen molar-refractivity contribution in [2.45, 2.75) is 20.4 Å². The fraction of sp³-hybridized carbons (Fsp3) is 0.150. The van der Waals surface area contributed by atoms with Crippen LogP contribution >= 0.6 is 11.6 Å². The number of nitrogens with zero attached hydrogens (tertiary/aromatic N) is 2. The van der Waals surface area contributed by atoms with Crippen LogP contribution in [0.2, 0.25) is 5.02 Å². The van der Waals surface area contributed by atoms with Crippen LogP contribution in [0.3, 0.4) is 0 Å². The van der Waals surface area contributed by atoms with Crippen LogP contribution in [0.5, 0.6) is 0 Å². The zero-order valence-electron chi connectivity index (χ0n) is 14.6. The average Bonchev–Trinajstić information content (AvgIpc) is 2.60. The monoisotopic (exact) mass is 366 g/mol. The van der Waals surface area contributed by atoms with Gasteiger partial charge in [-0.15, -0.1) is 0 Å². The molecule has 1 heterocycles. The largest absolute Gasteiger partial charge is 0.347 e. The lowest BCUT2D eigenvalue weighted by Gasteiger charge is -2.10. The van der Waals surface area contributed by atoms with E-state index in [4.69, 9.17) is 11.6 Å². The minimum atomic E-state index is -0.243. The molecule has 0 atom stereocenters. The van der Waals surface area contributed by atoms with Crippen LogP contribution < -0.4 is 10.6 Å². The molecule has 0 aliphatic carbocycles. The molecule has 0 saturated carbocycles. The first-order valence-corrected chi connectivity index (χ1v) is 8.60. The molecule has 26 heavy (non-hydrogen) atoms. The van der Waals surface area contributed by atoms with E-state index in [0.717, 1.165) is 16.8 Å². The minimum absolute atomic E-state index is 0.243. The molecule has 0 unspecified atom stereocenters. The molecule has 0 aliphatic rings. The lowest BCUT2D eigenvalue weighted by Crippen LogP contribution is -2.24. The van der Waals surface area contributed by atoms with Gasteiger partial charge >= 0.3 is 0 Å². The van der Waals surface area contributed by atoms with Crippen molar-refractivity contribution >= 4 is 29.0 Å². The van der Waals surface area contributed by atoms with Crippen molar-refractivity contribution in [1.82, 2.24) is 15.3 Å². The summed E-state index contributed by atoms with van der Waals surface area (Å²) in [6.45, 7) is 4.22. The van der Waals surface area contributed by atoms with Crippen LogP contribution in [-0.2, 0) is 6.54 Å². The number of aromatic nitrogens is 2. The third-order valence-electron chi connectivity index (χ3n) is 3.87. The van der Waals surface area contributed by atoms with Crippen molar-refractivity contribution in [3.63, 3.8) is 0 Å². The Bertz CT molecular complexity index is 943. The van der Waals surface area contributed by atoms with Crippen LogP contribution in [0.4, 0.5) is 11.5 Å². The Balaban J connectivity index is 1.74. The smallest absolute Gasteiger partial charge is 0.270 e. The molecular formula is C20H19ClN4O. The fourth-order valence-electron chi connectivity index (χ4n) is 2.54. The second-order valence-corrected chi connectivity index (χ2v) is 6.37. The Hall–Kier alpha value is -2.92. The topological polar surface area (TPSA) is 66.9 Å². The Morgan fingerprint density at radius 2 is 1.85 bits per heavy atom. The van der Waals surface area contributed by atoms with E-state index in [9.17, 15) is 4.79 Å². The summed E-state index contributed by atoms with van der Waals surface area (Å²) in [5.74, 6) is 0.812. The van der Waals surface area contributed by atoms with Gasteiger partial charge in [-0.2, -0.15) is 0 Å². The summed E-state index contributed by atoms with van der Waals surface area (Å²) in [4.78, 5) is 21.1. The summed E-state index contributed by atoms with van der Waals surface area (Å²) in [6, 6.07) is 16.9. The van der Waals surface area contributed by atoms with Gasteiger partial charge in [0.05, 0.1) is 0 Å². The Morgan fingerprint density at radius 1 is 1.04 bits per heavy atom. The summed E-state index contributed by atoms with van der Waals surface area (Å²) in [6.07, 6.45) is 0. The Kier molecular flexibility index (Phi) is 5.49. The number of amides is 1. The van der Waals surface area contributed by atoms with Crippen LogP contribution in [-0.4, -0.2) is 15.9 Å². The molecule has 0 bridgehead atoms. The van der Waals surface area contributed by atoms with Crippen molar-refractivity contribution in [1.29, 1.82) is 0 Å². The van der Waals surface area contributed by atoms with Crippen molar-refractivity contribution < 1.29 is 4.79 Å². The van der Waals surface area contributed by atoms with Gasteiger partial charge in [0, 0.05) is 23.3 Å². The van der Waals surface area contributed by atoms with Gasteiger partial charge < -0.3 is 10.6 Å². The zero-order valence-corrected chi connectivity index (χ0v) is 15.3. The molecule has 0 radical (unpaired) electrons. The molecule has 1 aromatic heterocycles. The third kappa shape index (κ3) is 4.58. The van der Waals surface area contributed by atoms with Crippen molar-refractivity contribution in [3.05, 3.63) is 82.3 Å². The lowest BCUT2D eigenvalue weighted by molar-refractivity contribution is 0.0945. The van der Waals surface area contributed by atoms with Crippen molar-refractivity contribution in [2.24, 2.45) is 0 Å². The number of nitrogens with one attached hydrogen (secondary N) is 2. The lowest BCUT2D eigenvalue weighted by atomic mass is 10.1. The van der Waals surface area contributed by atoms with E-state index < -0.39 is 0 Å². The summed E-state index contributed by atoms with van der Waals surface area (Å²) < 4.78 is 0. The first-order chi connectivity index (χ1) is 12.5. The first-order valence-electron chi connectivity index (χ1n) is 8.22. The summed E-state index contributed by atoms with van der Waals surface area (Å²) in [5.41, 5.74) is 3.32. The molecule has 132 valence electrons. The Morgan fingerprint density at radius 3 is 2.62 bits per heavy atom. The normalized spacial score (nSPS) is 10.4. The van der Waals surface area contributed by atoms with Gasteiger partial charge in [0.1, 0.15) is 17.3 Å². The number of carbonyl (C=O) groups excluding carboxylic acids is 1. The van der Waals surface area contributed by atoms with Crippen LogP contribution in [0.15, 0.2) is 54.6 Å². The van der Waals surface area contributed by atoms with Gasteiger partial charge in [0.15, 0.2) is 0 Å². The molecule has 1 amide bonds. The molecule has 2 aromatic carbocycles. The number of rotatable bonds is 5. The van der Waals surface area contributed by atoms with E-state index in [2.05, 4.69) is 20.6 Å². The maximum Gasteiger partial charge on any atom is 0.270 e. The molecule has 3 aromatic rings. The summed E-state index contributed by atoms with van der Waals surface area (Å²) in [5, 5.41) is 6.68. The molecule has 0 fully saturated rings. The number of benzene rings is 2. The highest BCUT2D eigenvalue weighted by Gasteiger charge is 2.11. The van der Waals surface area contributed by atoms with Crippen LogP contribution in [0.25, 0.3) is 0 Å². The second kappa shape index (κ2) is 7.97. The van der Waals surface area contributed by atoms with E-state index >= 15 is 0 Å².